The molecule has 0 aliphatic heterocycles. The normalized spacial score (nSPS) is 20.6. The van der Waals surface area contributed by atoms with Crippen molar-refractivity contribution in [2.24, 2.45) is 11.7 Å². The Bertz CT molecular complexity index is 129. The van der Waals surface area contributed by atoms with Crippen LogP contribution in [0.25, 0.3) is 0 Å². The van der Waals surface area contributed by atoms with Crippen molar-refractivity contribution < 1.29 is 4.79 Å². The summed E-state index contributed by atoms with van der Waals surface area (Å²) >= 11 is 0. The summed E-state index contributed by atoms with van der Waals surface area (Å²) in [6.45, 7) is 2.06. The van der Waals surface area contributed by atoms with Crippen LogP contribution < -0.4 is 5.73 Å². The van der Waals surface area contributed by atoms with Crippen molar-refractivity contribution in [3.8, 4) is 0 Å². The number of ketones is 1. The number of hydrogen-bond acceptors (Lipinski definition) is 2. The monoisotopic (exact) mass is 141 g/mol. The van der Waals surface area contributed by atoms with Gasteiger partial charge in [0, 0.05) is 5.92 Å². The molecule has 1 atom stereocenters. The summed E-state index contributed by atoms with van der Waals surface area (Å²) in [7, 11) is 0. The van der Waals surface area contributed by atoms with E-state index in [1.54, 1.807) is 0 Å². The molecule has 0 saturated heterocycles. The molecule has 2 N–H and O–H groups in total. The smallest absolute Gasteiger partial charge is 0.152 e. The molecule has 0 spiro atoms. The molecule has 1 unspecified atom stereocenters. The fourth-order valence-electron chi connectivity index (χ4n) is 1.12. The van der Waals surface area contributed by atoms with E-state index in [9.17, 15) is 4.79 Å². The lowest BCUT2D eigenvalue weighted by Gasteiger charge is -2.06. The standard InChI is InChI=1S/C8H15NO/c1-2-3-7(9)8(10)6-4-5-6/h6-7H,2-5,9H2,1H3. The first-order valence-electron chi connectivity index (χ1n) is 4.05. The summed E-state index contributed by atoms with van der Waals surface area (Å²) in [5.74, 6) is 0.628. The van der Waals surface area contributed by atoms with Gasteiger partial charge in [-0.1, -0.05) is 13.3 Å². The van der Waals surface area contributed by atoms with E-state index in [2.05, 4.69) is 6.92 Å². The van der Waals surface area contributed by atoms with Crippen LogP contribution in [0.1, 0.15) is 32.6 Å². The van der Waals surface area contributed by atoms with E-state index in [4.69, 9.17) is 5.73 Å². The second kappa shape index (κ2) is 3.15. The number of carbonyl (C=O) groups excluding carboxylic acids is 1. The summed E-state index contributed by atoms with van der Waals surface area (Å²) in [6.07, 6.45) is 4.03. The maximum atomic E-state index is 11.2. The van der Waals surface area contributed by atoms with Crippen LogP contribution in [0.15, 0.2) is 0 Å². The molecule has 1 fully saturated rings. The molecule has 1 rings (SSSR count). The van der Waals surface area contributed by atoms with Gasteiger partial charge in [0.15, 0.2) is 5.78 Å². The van der Waals surface area contributed by atoms with Gasteiger partial charge >= 0.3 is 0 Å². The highest BCUT2D eigenvalue weighted by Crippen LogP contribution is 2.31. The van der Waals surface area contributed by atoms with Gasteiger partial charge in [-0.2, -0.15) is 0 Å². The quantitative estimate of drug-likeness (QED) is 0.637. The molecular formula is C8H15NO. The van der Waals surface area contributed by atoms with Crippen molar-refractivity contribution in [3.63, 3.8) is 0 Å². The Morgan fingerprint density at radius 1 is 1.70 bits per heavy atom. The van der Waals surface area contributed by atoms with Gasteiger partial charge in [-0.3, -0.25) is 4.79 Å². The van der Waals surface area contributed by atoms with Crippen molar-refractivity contribution in [1.82, 2.24) is 0 Å². The van der Waals surface area contributed by atoms with E-state index in [1.807, 2.05) is 0 Å². The lowest BCUT2D eigenvalue weighted by molar-refractivity contribution is -0.121. The van der Waals surface area contributed by atoms with Crippen molar-refractivity contribution in [1.29, 1.82) is 0 Å². The largest absolute Gasteiger partial charge is 0.321 e. The highest BCUT2D eigenvalue weighted by atomic mass is 16.1. The Labute approximate surface area is 61.8 Å². The number of rotatable bonds is 4. The van der Waals surface area contributed by atoms with Crippen molar-refractivity contribution in [2.75, 3.05) is 0 Å². The maximum absolute atomic E-state index is 11.2. The third-order valence-electron chi connectivity index (χ3n) is 1.94. The molecule has 10 heavy (non-hydrogen) atoms. The van der Waals surface area contributed by atoms with E-state index in [1.165, 1.54) is 0 Å². The van der Waals surface area contributed by atoms with Crippen molar-refractivity contribution in [2.45, 2.75) is 38.6 Å². The number of carbonyl (C=O) groups is 1. The van der Waals surface area contributed by atoms with Crippen LogP contribution in [-0.2, 0) is 4.79 Å². The van der Waals surface area contributed by atoms with Crippen molar-refractivity contribution in [3.05, 3.63) is 0 Å². The van der Waals surface area contributed by atoms with Gasteiger partial charge in [-0.05, 0) is 19.3 Å². The van der Waals surface area contributed by atoms with Crippen LogP contribution in [0.5, 0.6) is 0 Å². The Morgan fingerprint density at radius 3 is 2.70 bits per heavy atom. The molecule has 1 saturated carbocycles. The van der Waals surface area contributed by atoms with Gasteiger partial charge < -0.3 is 5.73 Å². The van der Waals surface area contributed by atoms with E-state index in [-0.39, 0.29) is 6.04 Å². The molecule has 0 bridgehead atoms. The van der Waals surface area contributed by atoms with E-state index in [0.29, 0.717) is 11.7 Å². The molecule has 58 valence electrons. The number of Topliss-reactive ketones (excluding diaryl/α,β-unsaturated/α-hetero) is 1. The molecule has 0 amide bonds. The van der Waals surface area contributed by atoms with Crippen LogP contribution in [0.2, 0.25) is 0 Å². The first kappa shape index (κ1) is 7.73. The SMILES string of the molecule is CCCC(N)C(=O)C1CC1. The Morgan fingerprint density at radius 2 is 2.30 bits per heavy atom. The first-order chi connectivity index (χ1) is 4.75. The molecule has 0 radical (unpaired) electrons. The first-order valence-corrected chi connectivity index (χ1v) is 4.05. The van der Waals surface area contributed by atoms with Gasteiger partial charge in [-0.15, -0.1) is 0 Å². The van der Waals surface area contributed by atoms with E-state index in [0.717, 1.165) is 25.7 Å². The Hall–Kier alpha value is -0.370. The molecule has 1 aliphatic carbocycles. The summed E-state index contributed by atoms with van der Waals surface area (Å²) in [4.78, 5) is 11.2. The number of hydrogen-bond donors (Lipinski definition) is 1. The maximum Gasteiger partial charge on any atom is 0.152 e. The van der Waals surface area contributed by atoms with Crippen LogP contribution >= 0.6 is 0 Å². The predicted molar refractivity (Wildman–Crippen MR) is 40.6 cm³/mol. The molecule has 2 nitrogen and oxygen atoms in total. The minimum Gasteiger partial charge on any atom is -0.321 e. The molecule has 2 heteroatoms. The average molecular weight is 141 g/mol. The van der Waals surface area contributed by atoms with Gasteiger partial charge in [-0.25, -0.2) is 0 Å². The van der Waals surface area contributed by atoms with E-state index < -0.39 is 0 Å². The molecule has 0 aromatic rings. The van der Waals surface area contributed by atoms with E-state index >= 15 is 0 Å². The topological polar surface area (TPSA) is 43.1 Å². The lowest BCUT2D eigenvalue weighted by Crippen LogP contribution is -2.31. The fourth-order valence-corrected chi connectivity index (χ4v) is 1.12. The Balaban J connectivity index is 2.24. The second-order valence-corrected chi connectivity index (χ2v) is 3.07. The predicted octanol–water partition coefficient (Wildman–Crippen LogP) is 1.09. The third kappa shape index (κ3) is 1.81. The van der Waals surface area contributed by atoms with Gasteiger partial charge in [0.2, 0.25) is 0 Å². The number of nitrogens with two attached hydrogens (primary N) is 1. The van der Waals surface area contributed by atoms with Crippen LogP contribution in [0.3, 0.4) is 0 Å². The van der Waals surface area contributed by atoms with Crippen LogP contribution in [0, 0.1) is 5.92 Å². The minimum atomic E-state index is -0.169. The molecule has 1 aliphatic rings. The third-order valence-corrected chi connectivity index (χ3v) is 1.94. The molecule has 0 heterocycles. The Kier molecular flexibility index (Phi) is 2.44. The van der Waals surface area contributed by atoms with Gasteiger partial charge in [0.05, 0.1) is 6.04 Å². The lowest BCUT2D eigenvalue weighted by atomic mass is 10.1. The average Bonchev–Trinajstić information content (AvgIpc) is 2.68. The highest BCUT2D eigenvalue weighted by Gasteiger charge is 2.32. The zero-order chi connectivity index (χ0) is 7.56. The summed E-state index contributed by atoms with van der Waals surface area (Å²) in [6, 6.07) is -0.169. The zero-order valence-electron chi connectivity index (χ0n) is 6.47. The zero-order valence-corrected chi connectivity index (χ0v) is 6.47. The summed E-state index contributed by atoms with van der Waals surface area (Å²) in [5.41, 5.74) is 5.62. The minimum absolute atomic E-state index is 0.169. The molecule has 0 aromatic heterocycles. The van der Waals surface area contributed by atoms with Crippen molar-refractivity contribution >= 4 is 5.78 Å². The van der Waals surface area contributed by atoms with Crippen LogP contribution in [0.4, 0.5) is 0 Å². The summed E-state index contributed by atoms with van der Waals surface area (Å²) in [5, 5.41) is 0. The van der Waals surface area contributed by atoms with Gasteiger partial charge in [0.25, 0.3) is 0 Å². The molecule has 0 aromatic carbocycles. The van der Waals surface area contributed by atoms with Crippen LogP contribution in [-0.4, -0.2) is 11.8 Å². The highest BCUT2D eigenvalue weighted by molar-refractivity contribution is 5.87. The molecular weight excluding hydrogens is 126 g/mol. The van der Waals surface area contributed by atoms with Gasteiger partial charge in [0.1, 0.15) is 0 Å². The second-order valence-electron chi connectivity index (χ2n) is 3.07. The fraction of sp³-hybridized carbons (Fsp3) is 0.875. The summed E-state index contributed by atoms with van der Waals surface area (Å²) < 4.78 is 0.